The Morgan fingerprint density at radius 2 is 2.06 bits per heavy atom. The summed E-state index contributed by atoms with van der Waals surface area (Å²) in [5.74, 6) is 0.679. The molecular weight excluding hydrogens is 416 g/mol. The minimum absolute atomic E-state index is 0.142. The van der Waals surface area contributed by atoms with Gasteiger partial charge in [0.25, 0.3) is 5.91 Å². The highest BCUT2D eigenvalue weighted by atomic mass is 32.2. The van der Waals surface area contributed by atoms with Gasteiger partial charge in [0.15, 0.2) is 10.9 Å². The van der Waals surface area contributed by atoms with E-state index in [-0.39, 0.29) is 11.9 Å². The van der Waals surface area contributed by atoms with Gasteiger partial charge in [-0.3, -0.25) is 4.79 Å². The SMILES string of the molecule is CCOC(=O)NC1CCCN(C(=O)c2oc3ccccc3c2CSc2ncccn2)C1. The quantitative estimate of drug-likeness (QED) is 0.459. The molecule has 8 nitrogen and oxygen atoms in total. The van der Waals surface area contributed by atoms with Crippen molar-refractivity contribution in [3.05, 3.63) is 54.0 Å². The number of fused-ring (bicyclic) bond motifs is 1. The van der Waals surface area contributed by atoms with E-state index in [4.69, 9.17) is 9.15 Å². The molecule has 1 aliphatic rings. The highest BCUT2D eigenvalue weighted by molar-refractivity contribution is 7.98. The molecule has 3 heterocycles. The normalized spacial score (nSPS) is 16.3. The lowest BCUT2D eigenvalue weighted by molar-refractivity contribution is 0.0656. The van der Waals surface area contributed by atoms with Crippen LogP contribution in [0.4, 0.5) is 4.79 Å². The Bertz CT molecular complexity index is 1060. The molecule has 1 N–H and O–H groups in total. The van der Waals surface area contributed by atoms with Gasteiger partial charge in [0.1, 0.15) is 5.58 Å². The molecule has 1 aromatic carbocycles. The number of aromatic nitrogens is 2. The van der Waals surface area contributed by atoms with Crippen LogP contribution in [0.5, 0.6) is 0 Å². The van der Waals surface area contributed by atoms with Crippen molar-refractivity contribution >= 4 is 34.7 Å². The first-order valence-corrected chi connectivity index (χ1v) is 11.3. The van der Waals surface area contributed by atoms with E-state index in [1.54, 1.807) is 30.3 Å². The molecule has 31 heavy (non-hydrogen) atoms. The number of para-hydroxylation sites is 1. The maximum Gasteiger partial charge on any atom is 0.407 e. The summed E-state index contributed by atoms with van der Waals surface area (Å²) in [6, 6.07) is 9.26. The molecule has 1 aliphatic heterocycles. The van der Waals surface area contributed by atoms with Gasteiger partial charge in [-0.1, -0.05) is 30.0 Å². The summed E-state index contributed by atoms with van der Waals surface area (Å²) in [7, 11) is 0. The molecule has 1 fully saturated rings. The van der Waals surface area contributed by atoms with E-state index < -0.39 is 6.09 Å². The van der Waals surface area contributed by atoms with Gasteiger partial charge in [-0.15, -0.1) is 0 Å². The molecule has 9 heteroatoms. The Labute approximate surface area is 184 Å². The van der Waals surface area contributed by atoms with Crippen molar-refractivity contribution in [1.82, 2.24) is 20.2 Å². The summed E-state index contributed by atoms with van der Waals surface area (Å²) < 4.78 is 11.0. The van der Waals surface area contributed by atoms with Gasteiger partial charge in [-0.05, 0) is 31.9 Å². The molecule has 0 radical (unpaired) electrons. The lowest BCUT2D eigenvalue weighted by atomic mass is 10.0. The lowest BCUT2D eigenvalue weighted by Gasteiger charge is -2.32. The standard InChI is InChI=1S/C22H24N4O4S/c1-2-29-22(28)25-15-7-5-12-26(13-15)20(27)19-17(14-31-21-23-10-6-11-24-21)16-8-3-4-9-18(16)30-19/h3-4,6,8-11,15H,2,5,7,12-14H2,1H3,(H,25,28). The highest BCUT2D eigenvalue weighted by Gasteiger charge is 2.30. The molecule has 1 saturated heterocycles. The number of thioether (sulfide) groups is 1. The molecule has 1 atom stereocenters. The Hall–Kier alpha value is -3.07. The van der Waals surface area contributed by atoms with Gasteiger partial charge in [0.05, 0.1) is 6.61 Å². The van der Waals surface area contributed by atoms with E-state index in [1.807, 2.05) is 24.3 Å². The number of carbonyl (C=O) groups excluding carboxylic acids is 2. The number of hydrogen-bond donors (Lipinski definition) is 1. The van der Waals surface area contributed by atoms with Crippen LogP contribution >= 0.6 is 11.8 Å². The number of nitrogens with zero attached hydrogens (tertiary/aromatic N) is 3. The van der Waals surface area contributed by atoms with E-state index in [2.05, 4.69) is 15.3 Å². The number of nitrogens with one attached hydrogen (secondary N) is 1. The second-order valence-electron chi connectivity index (χ2n) is 7.18. The molecule has 3 aromatic rings. The van der Waals surface area contributed by atoms with Gasteiger partial charge in [-0.2, -0.15) is 0 Å². The minimum Gasteiger partial charge on any atom is -0.451 e. The van der Waals surface area contributed by atoms with Crippen molar-refractivity contribution in [2.24, 2.45) is 0 Å². The zero-order valence-corrected chi connectivity index (χ0v) is 18.1. The maximum absolute atomic E-state index is 13.4. The van der Waals surface area contributed by atoms with Gasteiger partial charge in [-0.25, -0.2) is 14.8 Å². The molecule has 1 unspecified atom stereocenters. The molecule has 0 bridgehead atoms. The second-order valence-corrected chi connectivity index (χ2v) is 8.12. The van der Waals surface area contributed by atoms with Crippen LogP contribution in [0.25, 0.3) is 11.0 Å². The number of likely N-dealkylation sites (tertiary alicyclic amines) is 1. The molecule has 4 rings (SSSR count). The van der Waals surface area contributed by atoms with Crippen molar-refractivity contribution in [2.75, 3.05) is 19.7 Å². The first-order chi connectivity index (χ1) is 15.2. The summed E-state index contributed by atoms with van der Waals surface area (Å²) in [6.45, 7) is 3.11. The molecule has 162 valence electrons. The summed E-state index contributed by atoms with van der Waals surface area (Å²) in [5.41, 5.74) is 1.51. The van der Waals surface area contributed by atoms with E-state index >= 15 is 0 Å². The monoisotopic (exact) mass is 440 g/mol. The third-order valence-electron chi connectivity index (χ3n) is 5.09. The van der Waals surface area contributed by atoms with Crippen LogP contribution in [0, 0.1) is 0 Å². The van der Waals surface area contributed by atoms with E-state index in [1.165, 1.54) is 11.8 Å². The van der Waals surface area contributed by atoms with Crippen molar-refractivity contribution in [2.45, 2.75) is 36.7 Å². The van der Waals surface area contributed by atoms with Crippen LogP contribution in [-0.4, -0.2) is 52.6 Å². The summed E-state index contributed by atoms with van der Waals surface area (Å²) in [4.78, 5) is 35.4. The van der Waals surface area contributed by atoms with Crippen molar-refractivity contribution < 1.29 is 18.7 Å². The fourth-order valence-corrected chi connectivity index (χ4v) is 4.50. The fraction of sp³-hybridized carbons (Fsp3) is 0.364. The van der Waals surface area contributed by atoms with Gasteiger partial charge >= 0.3 is 6.09 Å². The number of rotatable bonds is 6. The number of hydrogen-bond acceptors (Lipinski definition) is 7. The van der Waals surface area contributed by atoms with E-state index in [9.17, 15) is 9.59 Å². The van der Waals surface area contributed by atoms with Crippen LogP contribution in [0.2, 0.25) is 0 Å². The molecule has 2 aromatic heterocycles. The number of ether oxygens (including phenoxy) is 1. The number of amides is 2. The van der Waals surface area contributed by atoms with Crippen LogP contribution in [0.3, 0.4) is 0 Å². The van der Waals surface area contributed by atoms with Crippen molar-refractivity contribution in [3.63, 3.8) is 0 Å². The van der Waals surface area contributed by atoms with E-state index in [0.29, 0.717) is 41.9 Å². The molecule has 2 amide bonds. The predicted octanol–water partition coefficient (Wildman–Crippen LogP) is 3.87. The Kier molecular flexibility index (Phi) is 6.71. The van der Waals surface area contributed by atoms with Crippen LogP contribution < -0.4 is 5.32 Å². The highest BCUT2D eigenvalue weighted by Crippen LogP contribution is 2.32. The Morgan fingerprint density at radius 3 is 2.87 bits per heavy atom. The zero-order chi connectivity index (χ0) is 21.6. The van der Waals surface area contributed by atoms with Crippen LogP contribution in [0.15, 0.2) is 52.3 Å². The minimum atomic E-state index is -0.453. The van der Waals surface area contributed by atoms with Gasteiger partial charge in [0.2, 0.25) is 0 Å². The van der Waals surface area contributed by atoms with Crippen LogP contribution in [0.1, 0.15) is 35.9 Å². The van der Waals surface area contributed by atoms with Crippen molar-refractivity contribution in [1.29, 1.82) is 0 Å². The van der Waals surface area contributed by atoms with Crippen molar-refractivity contribution in [3.8, 4) is 0 Å². The maximum atomic E-state index is 13.4. The summed E-state index contributed by atoms with van der Waals surface area (Å²) in [5, 5.41) is 4.39. The average Bonchev–Trinajstić information content (AvgIpc) is 3.17. The molecule has 0 aliphatic carbocycles. The van der Waals surface area contributed by atoms with Gasteiger partial charge in [0, 0.05) is 48.2 Å². The third-order valence-corrected chi connectivity index (χ3v) is 5.99. The smallest absolute Gasteiger partial charge is 0.407 e. The largest absolute Gasteiger partial charge is 0.451 e. The third kappa shape index (κ3) is 4.99. The van der Waals surface area contributed by atoms with Crippen LogP contribution in [-0.2, 0) is 10.5 Å². The number of piperidine rings is 1. The first kappa shape index (κ1) is 21.2. The van der Waals surface area contributed by atoms with E-state index in [0.717, 1.165) is 23.8 Å². The number of alkyl carbamates (subject to hydrolysis) is 1. The predicted molar refractivity (Wildman–Crippen MR) is 117 cm³/mol. The van der Waals surface area contributed by atoms with Gasteiger partial charge < -0.3 is 19.4 Å². The fourth-order valence-electron chi connectivity index (χ4n) is 3.67. The second kappa shape index (κ2) is 9.82. The molecule has 0 spiro atoms. The number of benzene rings is 1. The Morgan fingerprint density at radius 1 is 1.26 bits per heavy atom. The zero-order valence-electron chi connectivity index (χ0n) is 17.2. The summed E-state index contributed by atoms with van der Waals surface area (Å²) >= 11 is 1.46. The Balaban J connectivity index is 1.55. The molecule has 0 saturated carbocycles. The average molecular weight is 441 g/mol. The lowest BCUT2D eigenvalue weighted by Crippen LogP contribution is -2.49. The first-order valence-electron chi connectivity index (χ1n) is 10.3. The topological polar surface area (TPSA) is 97.6 Å². The molecular formula is C22H24N4O4S. The summed E-state index contributed by atoms with van der Waals surface area (Å²) in [6.07, 6.45) is 4.53. The number of carbonyl (C=O) groups is 2. The number of furan rings is 1.